The molecule has 0 bridgehead atoms. The Hall–Kier alpha value is -0.610. The molecule has 0 aromatic rings. The second kappa shape index (κ2) is 5.41. The zero-order valence-electron chi connectivity index (χ0n) is 11.6. The zero-order valence-corrected chi connectivity index (χ0v) is 11.6. The van der Waals surface area contributed by atoms with E-state index < -0.39 is 5.97 Å². The number of aliphatic carboxylic acids is 1. The first-order valence-corrected chi connectivity index (χ1v) is 7.77. The van der Waals surface area contributed by atoms with Crippen molar-refractivity contribution in [2.24, 2.45) is 5.92 Å². The van der Waals surface area contributed by atoms with Gasteiger partial charge in [0, 0.05) is 25.6 Å². The number of carbonyl (C=O) groups is 1. The molecule has 0 radical (unpaired) electrons. The highest BCUT2D eigenvalue weighted by Crippen LogP contribution is 2.43. The van der Waals surface area contributed by atoms with E-state index in [0.29, 0.717) is 18.4 Å². The molecule has 2 heterocycles. The fraction of sp³-hybridized carbons (Fsp3) is 0.933. The minimum absolute atomic E-state index is 0.197. The fourth-order valence-electron chi connectivity index (χ4n) is 4.08. The first kappa shape index (κ1) is 13.4. The summed E-state index contributed by atoms with van der Waals surface area (Å²) >= 11 is 0. The number of hydrogen-bond acceptors (Lipinski definition) is 3. The lowest BCUT2D eigenvalue weighted by molar-refractivity contribution is -0.152. The van der Waals surface area contributed by atoms with E-state index in [2.05, 4.69) is 4.90 Å². The van der Waals surface area contributed by atoms with Gasteiger partial charge in [0.2, 0.25) is 0 Å². The third kappa shape index (κ3) is 2.95. The quantitative estimate of drug-likeness (QED) is 0.852. The number of carboxylic acids is 1. The largest absolute Gasteiger partial charge is 0.481 e. The van der Waals surface area contributed by atoms with Crippen LogP contribution in [0.3, 0.4) is 0 Å². The molecule has 3 rings (SSSR count). The van der Waals surface area contributed by atoms with Gasteiger partial charge in [-0.05, 0) is 57.4 Å². The number of hydrogen-bond donors (Lipinski definition) is 1. The van der Waals surface area contributed by atoms with Crippen molar-refractivity contribution in [1.82, 2.24) is 4.90 Å². The van der Waals surface area contributed by atoms with Crippen molar-refractivity contribution in [3.8, 4) is 0 Å². The zero-order chi connectivity index (χ0) is 13.3. The third-order valence-electron chi connectivity index (χ3n) is 5.26. The van der Waals surface area contributed by atoms with Crippen molar-refractivity contribution in [2.45, 2.75) is 63.0 Å². The van der Waals surface area contributed by atoms with E-state index in [1.54, 1.807) is 0 Å². The van der Waals surface area contributed by atoms with E-state index >= 15 is 0 Å². The number of ether oxygens (including phenoxy) is 1. The topological polar surface area (TPSA) is 49.8 Å². The smallest absolute Gasteiger partial charge is 0.303 e. The molecular formula is C15H25NO3. The lowest BCUT2D eigenvalue weighted by atomic mass is 9.73. The van der Waals surface area contributed by atoms with Crippen LogP contribution >= 0.6 is 0 Å². The minimum atomic E-state index is -0.644. The van der Waals surface area contributed by atoms with E-state index in [9.17, 15) is 4.79 Å². The van der Waals surface area contributed by atoms with E-state index in [-0.39, 0.29) is 5.60 Å². The van der Waals surface area contributed by atoms with Crippen LogP contribution in [0.5, 0.6) is 0 Å². The minimum Gasteiger partial charge on any atom is -0.481 e. The van der Waals surface area contributed by atoms with Gasteiger partial charge in [0.25, 0.3) is 0 Å². The second-order valence-corrected chi connectivity index (χ2v) is 6.63. The van der Waals surface area contributed by atoms with Crippen LogP contribution in [0.25, 0.3) is 0 Å². The predicted octanol–water partition coefficient (Wildman–Crippen LogP) is 2.27. The molecule has 2 aliphatic heterocycles. The molecule has 19 heavy (non-hydrogen) atoms. The molecule has 1 spiro atoms. The number of likely N-dealkylation sites (tertiary alicyclic amines) is 1. The monoisotopic (exact) mass is 267 g/mol. The molecule has 0 aromatic heterocycles. The Kier molecular flexibility index (Phi) is 3.81. The maximum absolute atomic E-state index is 10.9. The van der Waals surface area contributed by atoms with Crippen molar-refractivity contribution in [3.63, 3.8) is 0 Å². The Morgan fingerprint density at radius 1 is 1.32 bits per heavy atom. The molecule has 3 aliphatic rings. The highest BCUT2D eigenvalue weighted by atomic mass is 16.5. The number of piperidine rings is 1. The lowest BCUT2D eigenvalue weighted by Gasteiger charge is -2.50. The SMILES string of the molecule is O=C(O)CC1CCCN(C2CCOC3(CCC3)C2)C1. The fourth-order valence-corrected chi connectivity index (χ4v) is 4.08. The Bertz CT molecular complexity index is 340. The molecule has 1 saturated carbocycles. The molecule has 2 saturated heterocycles. The first-order valence-electron chi connectivity index (χ1n) is 7.77. The van der Waals surface area contributed by atoms with E-state index in [1.807, 2.05) is 0 Å². The highest BCUT2D eigenvalue weighted by molar-refractivity contribution is 5.67. The summed E-state index contributed by atoms with van der Waals surface area (Å²) in [5.74, 6) is -0.291. The van der Waals surface area contributed by atoms with Crippen LogP contribution in [-0.4, -0.2) is 47.3 Å². The lowest BCUT2D eigenvalue weighted by Crippen LogP contribution is -2.54. The average molecular weight is 267 g/mol. The van der Waals surface area contributed by atoms with Crippen molar-refractivity contribution in [1.29, 1.82) is 0 Å². The molecule has 4 nitrogen and oxygen atoms in total. The van der Waals surface area contributed by atoms with Gasteiger partial charge in [-0.1, -0.05) is 0 Å². The van der Waals surface area contributed by atoms with Gasteiger partial charge in [-0.3, -0.25) is 9.69 Å². The van der Waals surface area contributed by atoms with Gasteiger partial charge in [-0.15, -0.1) is 0 Å². The Balaban J connectivity index is 1.57. The molecular weight excluding hydrogens is 242 g/mol. The van der Waals surface area contributed by atoms with Gasteiger partial charge in [-0.2, -0.15) is 0 Å². The molecule has 3 fully saturated rings. The average Bonchev–Trinajstić information content (AvgIpc) is 2.37. The van der Waals surface area contributed by atoms with Crippen LogP contribution in [-0.2, 0) is 9.53 Å². The van der Waals surface area contributed by atoms with Gasteiger partial charge < -0.3 is 9.84 Å². The summed E-state index contributed by atoms with van der Waals surface area (Å²) in [4.78, 5) is 13.4. The van der Waals surface area contributed by atoms with Crippen LogP contribution in [0.2, 0.25) is 0 Å². The Morgan fingerprint density at radius 2 is 2.16 bits per heavy atom. The van der Waals surface area contributed by atoms with Crippen LogP contribution in [0.4, 0.5) is 0 Å². The molecule has 0 aromatic carbocycles. The van der Waals surface area contributed by atoms with E-state index in [1.165, 1.54) is 25.7 Å². The molecule has 1 N–H and O–H groups in total. The Morgan fingerprint density at radius 3 is 2.84 bits per heavy atom. The first-order chi connectivity index (χ1) is 9.17. The molecule has 4 heteroatoms. The van der Waals surface area contributed by atoms with Crippen LogP contribution < -0.4 is 0 Å². The van der Waals surface area contributed by atoms with Crippen molar-refractivity contribution in [2.75, 3.05) is 19.7 Å². The van der Waals surface area contributed by atoms with Crippen molar-refractivity contribution >= 4 is 5.97 Å². The van der Waals surface area contributed by atoms with Crippen LogP contribution in [0, 0.1) is 5.92 Å². The van der Waals surface area contributed by atoms with Gasteiger partial charge in [-0.25, -0.2) is 0 Å². The van der Waals surface area contributed by atoms with Gasteiger partial charge in [0.1, 0.15) is 0 Å². The molecule has 2 unspecified atom stereocenters. The van der Waals surface area contributed by atoms with E-state index in [0.717, 1.165) is 39.0 Å². The summed E-state index contributed by atoms with van der Waals surface area (Å²) in [6.07, 6.45) is 8.65. The van der Waals surface area contributed by atoms with Crippen molar-refractivity contribution < 1.29 is 14.6 Å². The van der Waals surface area contributed by atoms with Gasteiger partial charge >= 0.3 is 5.97 Å². The normalized spacial score (nSPS) is 34.9. The van der Waals surface area contributed by atoms with Gasteiger partial charge in [0.15, 0.2) is 0 Å². The summed E-state index contributed by atoms with van der Waals surface area (Å²) in [5, 5.41) is 8.95. The molecule has 2 atom stereocenters. The maximum Gasteiger partial charge on any atom is 0.303 e. The number of carboxylic acid groups (broad SMARTS) is 1. The predicted molar refractivity (Wildman–Crippen MR) is 72.1 cm³/mol. The van der Waals surface area contributed by atoms with E-state index in [4.69, 9.17) is 9.84 Å². The Labute approximate surface area is 115 Å². The molecule has 1 aliphatic carbocycles. The molecule has 0 amide bonds. The van der Waals surface area contributed by atoms with Crippen LogP contribution in [0.15, 0.2) is 0 Å². The summed E-state index contributed by atoms with van der Waals surface area (Å²) in [5.41, 5.74) is 0.197. The number of rotatable bonds is 3. The molecule has 108 valence electrons. The number of nitrogens with zero attached hydrogens (tertiary/aromatic N) is 1. The summed E-state index contributed by atoms with van der Waals surface area (Å²) in [6.45, 7) is 3.02. The van der Waals surface area contributed by atoms with Crippen LogP contribution in [0.1, 0.15) is 51.4 Å². The second-order valence-electron chi connectivity index (χ2n) is 6.63. The summed E-state index contributed by atoms with van der Waals surface area (Å²) < 4.78 is 5.99. The highest BCUT2D eigenvalue weighted by Gasteiger charge is 2.44. The third-order valence-corrected chi connectivity index (χ3v) is 5.26. The summed E-state index contributed by atoms with van der Waals surface area (Å²) in [6, 6.07) is 0.630. The van der Waals surface area contributed by atoms with Crippen molar-refractivity contribution in [3.05, 3.63) is 0 Å². The summed E-state index contributed by atoms with van der Waals surface area (Å²) in [7, 11) is 0. The standard InChI is InChI=1S/C15H25NO3/c17-14(18)9-12-3-1-7-16(11-12)13-4-8-19-15(10-13)5-2-6-15/h12-13H,1-11H2,(H,17,18). The maximum atomic E-state index is 10.9. The van der Waals surface area contributed by atoms with Gasteiger partial charge in [0.05, 0.1) is 5.60 Å².